The summed E-state index contributed by atoms with van der Waals surface area (Å²) in [6.07, 6.45) is 4.12. The van der Waals surface area contributed by atoms with Crippen LogP contribution in [0.1, 0.15) is 24.5 Å². The predicted molar refractivity (Wildman–Crippen MR) is 59.7 cm³/mol. The van der Waals surface area contributed by atoms with E-state index in [0.29, 0.717) is 0 Å². The highest BCUT2D eigenvalue weighted by Gasteiger charge is 1.96. The van der Waals surface area contributed by atoms with Gasteiger partial charge in [-0.05, 0) is 23.1 Å². The van der Waals surface area contributed by atoms with E-state index >= 15 is 0 Å². The highest BCUT2D eigenvalue weighted by Crippen LogP contribution is 2.15. The molecule has 0 fully saturated rings. The first-order valence-electron chi connectivity index (χ1n) is 4.68. The van der Waals surface area contributed by atoms with Crippen molar-refractivity contribution in [2.24, 2.45) is 0 Å². The van der Waals surface area contributed by atoms with Gasteiger partial charge in [0.1, 0.15) is 0 Å². The third-order valence-electron chi connectivity index (χ3n) is 2.08. The SMILES string of the molecule is C=CC(=C)c1cccc(CCC)c1. The van der Waals surface area contributed by atoms with E-state index in [0.717, 1.165) is 12.0 Å². The Bertz CT molecular complexity index is 308. The average molecular weight is 172 g/mol. The summed E-state index contributed by atoms with van der Waals surface area (Å²) in [6.45, 7) is 9.83. The van der Waals surface area contributed by atoms with E-state index in [-0.39, 0.29) is 0 Å². The Balaban J connectivity index is 2.91. The van der Waals surface area contributed by atoms with Gasteiger partial charge in [0.25, 0.3) is 0 Å². The second-order valence-electron chi connectivity index (χ2n) is 3.18. The predicted octanol–water partition coefficient (Wildman–Crippen LogP) is 3.84. The first kappa shape index (κ1) is 9.79. The minimum Gasteiger partial charge on any atom is -0.0985 e. The van der Waals surface area contributed by atoms with Gasteiger partial charge in [-0.2, -0.15) is 0 Å². The van der Waals surface area contributed by atoms with Crippen molar-refractivity contribution in [2.75, 3.05) is 0 Å². The van der Waals surface area contributed by atoms with Crippen LogP contribution in [-0.2, 0) is 6.42 Å². The standard InChI is InChI=1S/C13H16/c1-4-7-12-8-6-9-13(10-12)11(3)5-2/h5-6,8-10H,2-4,7H2,1H3. The van der Waals surface area contributed by atoms with Crippen molar-refractivity contribution < 1.29 is 0 Å². The van der Waals surface area contributed by atoms with Gasteiger partial charge in [0.05, 0.1) is 0 Å². The van der Waals surface area contributed by atoms with Gasteiger partial charge in [-0.3, -0.25) is 0 Å². The van der Waals surface area contributed by atoms with Crippen molar-refractivity contribution in [1.82, 2.24) is 0 Å². The monoisotopic (exact) mass is 172 g/mol. The molecule has 68 valence electrons. The first-order valence-corrected chi connectivity index (χ1v) is 4.68. The molecule has 0 saturated heterocycles. The van der Waals surface area contributed by atoms with E-state index in [1.165, 1.54) is 17.5 Å². The van der Waals surface area contributed by atoms with Crippen molar-refractivity contribution in [1.29, 1.82) is 0 Å². The fraction of sp³-hybridized carbons (Fsp3) is 0.231. The van der Waals surface area contributed by atoms with Crippen molar-refractivity contribution >= 4 is 5.57 Å². The number of benzene rings is 1. The van der Waals surface area contributed by atoms with Crippen molar-refractivity contribution in [2.45, 2.75) is 19.8 Å². The highest BCUT2D eigenvalue weighted by molar-refractivity contribution is 5.71. The van der Waals surface area contributed by atoms with Gasteiger partial charge in [0, 0.05) is 0 Å². The zero-order valence-electron chi connectivity index (χ0n) is 8.22. The van der Waals surface area contributed by atoms with Crippen LogP contribution in [0.2, 0.25) is 0 Å². The maximum absolute atomic E-state index is 3.93. The summed E-state index contributed by atoms with van der Waals surface area (Å²) in [5, 5.41) is 0. The molecule has 0 unspecified atom stereocenters. The number of rotatable bonds is 4. The van der Waals surface area contributed by atoms with Crippen molar-refractivity contribution in [3.05, 3.63) is 54.6 Å². The van der Waals surface area contributed by atoms with Gasteiger partial charge in [-0.1, -0.05) is 56.8 Å². The molecular formula is C13H16. The smallest absolute Gasteiger partial charge is 0.0187 e. The first-order chi connectivity index (χ1) is 6.27. The molecule has 1 aromatic rings. The normalized spacial score (nSPS) is 9.62. The van der Waals surface area contributed by atoms with Gasteiger partial charge < -0.3 is 0 Å². The molecule has 0 aliphatic carbocycles. The molecule has 0 aliphatic rings. The maximum atomic E-state index is 3.93. The lowest BCUT2D eigenvalue weighted by Gasteiger charge is -2.03. The molecule has 13 heavy (non-hydrogen) atoms. The van der Waals surface area contributed by atoms with Gasteiger partial charge in [-0.25, -0.2) is 0 Å². The quantitative estimate of drug-likeness (QED) is 0.605. The van der Waals surface area contributed by atoms with Crippen LogP contribution in [0.5, 0.6) is 0 Å². The van der Waals surface area contributed by atoms with Crippen LogP contribution >= 0.6 is 0 Å². The van der Waals surface area contributed by atoms with Crippen LogP contribution < -0.4 is 0 Å². The fourth-order valence-corrected chi connectivity index (χ4v) is 1.33. The number of aryl methyl sites for hydroxylation is 1. The Morgan fingerprint density at radius 2 is 2.23 bits per heavy atom. The van der Waals surface area contributed by atoms with Crippen LogP contribution in [0.25, 0.3) is 5.57 Å². The molecule has 0 heteroatoms. The van der Waals surface area contributed by atoms with Crippen LogP contribution in [0, 0.1) is 0 Å². The lowest BCUT2D eigenvalue weighted by Crippen LogP contribution is -1.85. The molecule has 0 spiro atoms. The highest BCUT2D eigenvalue weighted by atomic mass is 14.0. The second-order valence-corrected chi connectivity index (χ2v) is 3.18. The zero-order valence-corrected chi connectivity index (χ0v) is 8.22. The molecule has 0 bridgehead atoms. The average Bonchev–Trinajstić information content (AvgIpc) is 2.18. The van der Waals surface area contributed by atoms with Crippen LogP contribution in [-0.4, -0.2) is 0 Å². The summed E-state index contributed by atoms with van der Waals surface area (Å²) in [4.78, 5) is 0. The van der Waals surface area contributed by atoms with E-state index in [4.69, 9.17) is 0 Å². The van der Waals surface area contributed by atoms with Gasteiger partial charge in [0.2, 0.25) is 0 Å². The Kier molecular flexibility index (Phi) is 3.51. The molecule has 0 amide bonds. The fourth-order valence-electron chi connectivity index (χ4n) is 1.33. The van der Waals surface area contributed by atoms with E-state index in [1.807, 2.05) is 0 Å². The number of hydrogen-bond acceptors (Lipinski definition) is 0. The molecule has 0 heterocycles. The van der Waals surface area contributed by atoms with Crippen molar-refractivity contribution in [3.8, 4) is 0 Å². The van der Waals surface area contributed by atoms with Gasteiger partial charge in [0.15, 0.2) is 0 Å². The van der Waals surface area contributed by atoms with E-state index in [9.17, 15) is 0 Å². The molecule has 0 aromatic heterocycles. The summed E-state index contributed by atoms with van der Waals surface area (Å²) in [5.41, 5.74) is 3.56. The summed E-state index contributed by atoms with van der Waals surface area (Å²) in [7, 11) is 0. The topological polar surface area (TPSA) is 0 Å². The minimum absolute atomic E-state index is 0.998. The third kappa shape index (κ3) is 2.59. The zero-order chi connectivity index (χ0) is 9.68. The Labute approximate surface area is 80.6 Å². The molecule has 0 saturated carbocycles. The van der Waals surface area contributed by atoms with Crippen molar-refractivity contribution in [3.63, 3.8) is 0 Å². The van der Waals surface area contributed by atoms with Gasteiger partial charge >= 0.3 is 0 Å². The van der Waals surface area contributed by atoms with Crippen LogP contribution in [0.3, 0.4) is 0 Å². The van der Waals surface area contributed by atoms with E-state index in [1.54, 1.807) is 6.08 Å². The van der Waals surface area contributed by atoms with E-state index < -0.39 is 0 Å². The molecule has 1 aromatic carbocycles. The molecule has 0 atom stereocenters. The lowest BCUT2D eigenvalue weighted by atomic mass is 10.0. The largest absolute Gasteiger partial charge is 0.0985 e. The Morgan fingerprint density at radius 1 is 1.46 bits per heavy atom. The molecule has 0 aliphatic heterocycles. The Hall–Kier alpha value is -1.30. The molecule has 1 rings (SSSR count). The maximum Gasteiger partial charge on any atom is -0.0187 e. The molecule has 0 radical (unpaired) electrons. The lowest BCUT2D eigenvalue weighted by molar-refractivity contribution is 0.921. The number of hydrogen-bond donors (Lipinski definition) is 0. The summed E-state index contributed by atoms with van der Waals surface area (Å²) in [6, 6.07) is 8.50. The van der Waals surface area contributed by atoms with Gasteiger partial charge in [-0.15, -0.1) is 0 Å². The molecule has 0 N–H and O–H groups in total. The van der Waals surface area contributed by atoms with E-state index in [2.05, 4.69) is 44.3 Å². The Morgan fingerprint density at radius 3 is 2.85 bits per heavy atom. The summed E-state index contributed by atoms with van der Waals surface area (Å²) >= 11 is 0. The van der Waals surface area contributed by atoms with Crippen LogP contribution in [0.15, 0.2) is 43.5 Å². The minimum atomic E-state index is 0.998. The third-order valence-corrected chi connectivity index (χ3v) is 2.08. The second kappa shape index (κ2) is 4.66. The summed E-state index contributed by atoms with van der Waals surface area (Å²) in [5.74, 6) is 0. The molecular weight excluding hydrogens is 156 g/mol. The molecule has 0 nitrogen and oxygen atoms in total. The van der Waals surface area contributed by atoms with Crippen LogP contribution in [0.4, 0.5) is 0 Å². The summed E-state index contributed by atoms with van der Waals surface area (Å²) < 4.78 is 0. The number of allylic oxidation sites excluding steroid dienone is 2.